The molecule has 2 aliphatic rings. The van der Waals surface area contributed by atoms with E-state index in [1.54, 1.807) is 65.7 Å². The summed E-state index contributed by atoms with van der Waals surface area (Å²) in [7, 11) is -3.56. The van der Waals surface area contributed by atoms with E-state index in [2.05, 4.69) is 15.0 Å². The number of esters is 1. The van der Waals surface area contributed by atoms with Crippen molar-refractivity contribution in [2.75, 3.05) is 12.9 Å². The first kappa shape index (κ1) is 31.1. The van der Waals surface area contributed by atoms with Crippen molar-refractivity contribution in [3.05, 3.63) is 86.3 Å². The summed E-state index contributed by atoms with van der Waals surface area (Å²) in [5, 5.41) is 5.60. The first-order valence-corrected chi connectivity index (χ1v) is 17.3. The maximum Gasteiger partial charge on any atom is 0.357 e. The van der Waals surface area contributed by atoms with Crippen LogP contribution in [-0.2, 0) is 26.1 Å². The van der Waals surface area contributed by atoms with Crippen molar-refractivity contribution in [1.82, 2.24) is 19.9 Å². The SMILES string of the molecule is CCOC(=O)c1csc(CNC(=O)[C@@H]2c3ccccc3C(=O)N(C3CCCC[C@@H]3NS(C)(=O)=O)[C@H]2c2ccc(Cl)cc2)n1. The van der Waals surface area contributed by atoms with E-state index in [1.165, 1.54) is 11.3 Å². The third-order valence-electron chi connectivity index (χ3n) is 7.77. The number of sulfonamides is 1. The van der Waals surface area contributed by atoms with Crippen molar-refractivity contribution in [3.8, 4) is 0 Å². The summed E-state index contributed by atoms with van der Waals surface area (Å²) in [4.78, 5) is 46.6. The maximum absolute atomic E-state index is 14.3. The highest BCUT2D eigenvalue weighted by Gasteiger charge is 2.48. The molecule has 1 unspecified atom stereocenters. The van der Waals surface area contributed by atoms with Crippen LogP contribution in [0.4, 0.5) is 0 Å². The molecule has 228 valence electrons. The van der Waals surface area contributed by atoms with E-state index in [1.807, 2.05) is 0 Å². The molecule has 10 nitrogen and oxygen atoms in total. The molecule has 3 aromatic rings. The number of rotatable bonds is 9. The van der Waals surface area contributed by atoms with Gasteiger partial charge in [-0.2, -0.15) is 0 Å². The molecule has 2 aromatic carbocycles. The molecule has 43 heavy (non-hydrogen) atoms. The van der Waals surface area contributed by atoms with E-state index in [0.29, 0.717) is 39.6 Å². The molecule has 2 heterocycles. The number of amides is 2. The van der Waals surface area contributed by atoms with Crippen LogP contribution in [0.25, 0.3) is 0 Å². The highest BCUT2D eigenvalue weighted by molar-refractivity contribution is 7.88. The number of aromatic nitrogens is 1. The lowest BCUT2D eigenvalue weighted by molar-refractivity contribution is -0.124. The van der Waals surface area contributed by atoms with Crippen LogP contribution in [0.5, 0.6) is 0 Å². The Kier molecular flexibility index (Phi) is 9.50. The van der Waals surface area contributed by atoms with Gasteiger partial charge in [0.2, 0.25) is 15.9 Å². The predicted octanol–water partition coefficient (Wildman–Crippen LogP) is 4.43. The van der Waals surface area contributed by atoms with E-state index >= 15 is 0 Å². The summed E-state index contributed by atoms with van der Waals surface area (Å²) in [6, 6.07) is 12.4. The lowest BCUT2D eigenvalue weighted by Crippen LogP contribution is -2.59. The molecular weight excluding hydrogens is 612 g/mol. The van der Waals surface area contributed by atoms with Crippen LogP contribution >= 0.6 is 22.9 Å². The van der Waals surface area contributed by atoms with Crippen LogP contribution in [0.1, 0.15) is 81.5 Å². The molecular formula is C30H33ClN4O6S2. The highest BCUT2D eigenvalue weighted by Crippen LogP contribution is 2.46. The Bertz CT molecular complexity index is 1610. The number of ether oxygens (including phenoxy) is 1. The van der Waals surface area contributed by atoms with E-state index in [-0.39, 0.29) is 30.7 Å². The Hall–Kier alpha value is -3.32. The van der Waals surface area contributed by atoms with Gasteiger partial charge in [0.05, 0.1) is 31.4 Å². The fourth-order valence-electron chi connectivity index (χ4n) is 6.03. The standard InChI is InChI=1S/C30H33ClN4O6S2/c1-3-41-30(38)23-17-42-25(33-23)16-32-28(36)26-20-8-4-5-9-21(20)29(37)35(27(26)18-12-14-19(31)15-13-18)24-11-7-6-10-22(24)34-43(2,39)40/h4-5,8-9,12-15,17,22,24,26-27,34H,3,6-7,10-11,16H2,1-2H3,(H,32,36)/t22-,24?,26+,27-/m0/s1. The van der Waals surface area contributed by atoms with E-state index in [9.17, 15) is 22.8 Å². The molecule has 0 bridgehead atoms. The molecule has 1 aliphatic carbocycles. The number of nitrogens with one attached hydrogen (secondary N) is 2. The summed E-state index contributed by atoms with van der Waals surface area (Å²) < 4.78 is 32.5. The van der Waals surface area contributed by atoms with Gasteiger partial charge >= 0.3 is 5.97 Å². The second kappa shape index (κ2) is 13.1. The molecule has 1 aromatic heterocycles. The predicted molar refractivity (Wildman–Crippen MR) is 163 cm³/mol. The maximum atomic E-state index is 14.3. The van der Waals surface area contributed by atoms with Crippen LogP contribution in [0.2, 0.25) is 5.02 Å². The van der Waals surface area contributed by atoms with Gasteiger partial charge in [0.25, 0.3) is 5.91 Å². The van der Waals surface area contributed by atoms with Crippen molar-refractivity contribution in [3.63, 3.8) is 0 Å². The van der Waals surface area contributed by atoms with Crippen molar-refractivity contribution < 1.29 is 27.5 Å². The van der Waals surface area contributed by atoms with Crippen LogP contribution in [-0.4, -0.2) is 61.0 Å². The van der Waals surface area contributed by atoms with Crippen LogP contribution in [0.3, 0.4) is 0 Å². The zero-order chi connectivity index (χ0) is 30.7. The Balaban J connectivity index is 1.55. The number of carbonyl (C=O) groups excluding carboxylic acids is 3. The molecule has 1 fully saturated rings. The lowest BCUT2D eigenvalue weighted by Gasteiger charge is -2.49. The summed E-state index contributed by atoms with van der Waals surface area (Å²) in [5.74, 6) is -1.94. The molecule has 1 aliphatic heterocycles. The molecule has 0 saturated heterocycles. The average Bonchev–Trinajstić information content (AvgIpc) is 3.46. The van der Waals surface area contributed by atoms with Crippen molar-refractivity contribution in [1.29, 1.82) is 0 Å². The van der Waals surface area contributed by atoms with Gasteiger partial charge in [-0.15, -0.1) is 11.3 Å². The van der Waals surface area contributed by atoms with Crippen LogP contribution in [0, 0.1) is 0 Å². The summed E-state index contributed by atoms with van der Waals surface area (Å²) in [6.07, 6.45) is 3.90. The zero-order valence-corrected chi connectivity index (χ0v) is 26.2. The topological polar surface area (TPSA) is 135 Å². The smallest absolute Gasteiger partial charge is 0.357 e. The first-order valence-electron chi connectivity index (χ1n) is 14.1. The number of thiazole rings is 1. The number of carbonyl (C=O) groups is 3. The van der Waals surface area contributed by atoms with Crippen LogP contribution in [0.15, 0.2) is 53.9 Å². The van der Waals surface area contributed by atoms with Gasteiger partial charge in [0.15, 0.2) is 5.69 Å². The normalized spacial score (nSPS) is 22.1. The fraction of sp³-hybridized carbons (Fsp3) is 0.400. The van der Waals surface area contributed by atoms with E-state index in [0.717, 1.165) is 19.1 Å². The second-order valence-electron chi connectivity index (χ2n) is 10.7. The summed E-state index contributed by atoms with van der Waals surface area (Å²) >= 11 is 7.46. The Morgan fingerprint density at radius 2 is 1.84 bits per heavy atom. The van der Waals surface area contributed by atoms with Crippen molar-refractivity contribution in [2.45, 2.75) is 63.2 Å². The van der Waals surface area contributed by atoms with Gasteiger partial charge in [-0.25, -0.2) is 22.9 Å². The number of nitrogens with zero attached hydrogens (tertiary/aromatic N) is 2. The third kappa shape index (κ3) is 6.93. The number of fused-ring (bicyclic) bond motifs is 1. The summed E-state index contributed by atoms with van der Waals surface area (Å²) in [6.45, 7) is 2.02. The largest absolute Gasteiger partial charge is 0.461 e. The zero-order valence-electron chi connectivity index (χ0n) is 23.8. The van der Waals surface area contributed by atoms with Gasteiger partial charge in [0, 0.05) is 28.0 Å². The Morgan fingerprint density at radius 1 is 1.12 bits per heavy atom. The van der Waals surface area contributed by atoms with Gasteiger partial charge in [-0.3, -0.25) is 9.59 Å². The molecule has 2 amide bonds. The molecule has 0 spiro atoms. The average molecular weight is 645 g/mol. The number of hydrogen-bond donors (Lipinski definition) is 2. The Morgan fingerprint density at radius 3 is 2.56 bits per heavy atom. The van der Waals surface area contributed by atoms with Gasteiger partial charge in [-0.05, 0) is 49.1 Å². The quantitative estimate of drug-likeness (QED) is 0.329. The van der Waals surface area contributed by atoms with E-state index < -0.39 is 40.0 Å². The molecule has 5 rings (SSSR count). The second-order valence-corrected chi connectivity index (χ2v) is 13.8. The van der Waals surface area contributed by atoms with Crippen molar-refractivity contribution >= 4 is 50.7 Å². The minimum Gasteiger partial charge on any atom is -0.461 e. The van der Waals surface area contributed by atoms with Gasteiger partial charge in [-0.1, -0.05) is 54.8 Å². The monoisotopic (exact) mass is 644 g/mol. The molecule has 13 heteroatoms. The van der Waals surface area contributed by atoms with Crippen LogP contribution < -0.4 is 10.0 Å². The lowest BCUT2D eigenvalue weighted by atomic mass is 9.76. The minimum atomic E-state index is -3.56. The van der Waals surface area contributed by atoms with Gasteiger partial charge < -0.3 is 15.0 Å². The van der Waals surface area contributed by atoms with E-state index in [4.69, 9.17) is 16.3 Å². The molecule has 2 N–H and O–H groups in total. The van der Waals surface area contributed by atoms with Crippen molar-refractivity contribution in [2.24, 2.45) is 0 Å². The third-order valence-corrected chi connectivity index (χ3v) is 9.60. The number of hydrogen-bond acceptors (Lipinski definition) is 8. The minimum absolute atomic E-state index is 0.0740. The number of benzene rings is 2. The number of halogens is 1. The molecule has 0 radical (unpaired) electrons. The first-order chi connectivity index (χ1) is 20.6. The summed E-state index contributed by atoms with van der Waals surface area (Å²) in [5.41, 5.74) is 1.86. The molecule has 1 saturated carbocycles. The Labute approximate surface area is 259 Å². The fourth-order valence-corrected chi connectivity index (χ4v) is 7.69. The molecule has 4 atom stereocenters. The highest BCUT2D eigenvalue weighted by atomic mass is 35.5. The van der Waals surface area contributed by atoms with Gasteiger partial charge in [0.1, 0.15) is 5.01 Å².